The van der Waals surface area contributed by atoms with Crippen molar-refractivity contribution >= 4 is 10.8 Å². The molecule has 2 nitrogen and oxygen atoms in total. The van der Waals surface area contributed by atoms with Gasteiger partial charge in [-0.25, -0.2) is 0 Å². The average molecular weight is 303 g/mol. The summed E-state index contributed by atoms with van der Waals surface area (Å²) in [4.78, 5) is 12.1. The number of fused-ring (bicyclic) bond motifs is 1. The number of alkyl halides is 3. The Morgan fingerprint density at radius 3 is 2.09 bits per heavy atom. The number of rotatable bonds is 1. The third-order valence-electron chi connectivity index (χ3n) is 3.61. The Morgan fingerprint density at radius 2 is 1.50 bits per heavy atom. The summed E-state index contributed by atoms with van der Waals surface area (Å²) >= 11 is 0. The van der Waals surface area contributed by atoms with Gasteiger partial charge in [0.25, 0.3) is 5.56 Å². The third-order valence-corrected chi connectivity index (χ3v) is 3.61. The lowest BCUT2D eigenvalue weighted by Crippen LogP contribution is -2.16. The zero-order valence-electron chi connectivity index (χ0n) is 11.7. The summed E-state index contributed by atoms with van der Waals surface area (Å²) < 4.78 is 39.4. The van der Waals surface area contributed by atoms with Crippen molar-refractivity contribution in [1.82, 2.24) is 4.57 Å². The number of halogens is 3. The lowest BCUT2D eigenvalue weighted by atomic mass is 9.99. The zero-order valence-corrected chi connectivity index (χ0v) is 11.7. The Bertz CT molecular complexity index is 892. The molecular weight excluding hydrogens is 291 g/mol. The summed E-state index contributed by atoms with van der Waals surface area (Å²) in [7, 11) is 1.63. The molecule has 0 atom stereocenters. The van der Waals surface area contributed by atoms with Gasteiger partial charge in [-0.1, -0.05) is 30.3 Å². The molecule has 0 saturated heterocycles. The molecular formula is C17H12F3NO. The molecule has 2 aromatic carbocycles. The fourth-order valence-electron chi connectivity index (χ4n) is 2.49. The molecule has 0 bridgehead atoms. The average Bonchev–Trinajstić information content (AvgIpc) is 2.50. The van der Waals surface area contributed by atoms with Gasteiger partial charge in [0.2, 0.25) is 0 Å². The van der Waals surface area contributed by atoms with Gasteiger partial charge in [0.15, 0.2) is 0 Å². The van der Waals surface area contributed by atoms with Crippen LogP contribution in [-0.2, 0) is 13.2 Å². The predicted octanol–water partition coefficient (Wildman–Crippen LogP) is 4.22. The summed E-state index contributed by atoms with van der Waals surface area (Å²) in [6.45, 7) is 0. The van der Waals surface area contributed by atoms with Gasteiger partial charge in [-0.15, -0.1) is 0 Å². The molecule has 0 saturated carbocycles. The van der Waals surface area contributed by atoms with Gasteiger partial charge in [-0.2, -0.15) is 13.2 Å². The highest BCUT2D eigenvalue weighted by Gasteiger charge is 2.30. The second kappa shape index (κ2) is 5.02. The van der Waals surface area contributed by atoms with E-state index in [1.807, 2.05) is 0 Å². The highest BCUT2D eigenvalue weighted by atomic mass is 19.4. The molecule has 0 aliphatic rings. The first-order valence-corrected chi connectivity index (χ1v) is 6.64. The summed E-state index contributed by atoms with van der Waals surface area (Å²) in [6.07, 6.45) is -2.71. The predicted molar refractivity (Wildman–Crippen MR) is 79.6 cm³/mol. The molecule has 3 rings (SSSR count). The Kier molecular flexibility index (Phi) is 3.28. The molecule has 0 N–H and O–H groups in total. The van der Waals surface area contributed by atoms with Crippen LogP contribution in [0.4, 0.5) is 13.2 Å². The Balaban J connectivity index is 2.23. The summed E-state index contributed by atoms with van der Waals surface area (Å²) in [5, 5.41) is 1.27. The number of aryl methyl sites for hydroxylation is 1. The maximum atomic E-state index is 12.6. The van der Waals surface area contributed by atoms with Crippen LogP contribution in [0.2, 0.25) is 0 Å². The van der Waals surface area contributed by atoms with Crippen molar-refractivity contribution in [1.29, 1.82) is 0 Å². The normalized spacial score (nSPS) is 11.8. The van der Waals surface area contributed by atoms with Gasteiger partial charge in [0.05, 0.1) is 5.56 Å². The van der Waals surface area contributed by atoms with Crippen LogP contribution < -0.4 is 5.56 Å². The van der Waals surface area contributed by atoms with E-state index >= 15 is 0 Å². The second-order valence-electron chi connectivity index (χ2n) is 5.08. The van der Waals surface area contributed by atoms with Gasteiger partial charge < -0.3 is 4.57 Å². The topological polar surface area (TPSA) is 22.0 Å². The zero-order chi connectivity index (χ0) is 15.9. The van der Waals surface area contributed by atoms with Crippen molar-refractivity contribution in [3.8, 4) is 11.1 Å². The van der Waals surface area contributed by atoms with E-state index in [4.69, 9.17) is 0 Å². The summed E-state index contributed by atoms with van der Waals surface area (Å²) in [5.74, 6) is 0. The number of aromatic nitrogens is 1. The first-order valence-electron chi connectivity index (χ1n) is 6.64. The molecule has 0 unspecified atom stereocenters. The number of pyridine rings is 1. The van der Waals surface area contributed by atoms with Crippen molar-refractivity contribution in [3.63, 3.8) is 0 Å². The molecule has 0 fully saturated rings. The van der Waals surface area contributed by atoms with Crippen molar-refractivity contribution in [3.05, 3.63) is 70.6 Å². The van der Waals surface area contributed by atoms with E-state index in [-0.39, 0.29) is 5.56 Å². The van der Waals surface area contributed by atoms with Crippen LogP contribution in [0, 0.1) is 0 Å². The fraction of sp³-hybridized carbons (Fsp3) is 0.118. The van der Waals surface area contributed by atoms with Crippen LogP contribution >= 0.6 is 0 Å². The van der Waals surface area contributed by atoms with Crippen LogP contribution in [-0.4, -0.2) is 4.57 Å². The minimum Gasteiger partial charge on any atom is -0.317 e. The smallest absolute Gasteiger partial charge is 0.317 e. The molecule has 0 spiro atoms. The van der Waals surface area contributed by atoms with Crippen molar-refractivity contribution < 1.29 is 13.2 Å². The van der Waals surface area contributed by atoms with E-state index in [1.54, 1.807) is 37.5 Å². The lowest BCUT2D eigenvalue weighted by Gasteiger charge is -2.11. The number of hydrogen-bond acceptors (Lipinski definition) is 1. The van der Waals surface area contributed by atoms with E-state index in [1.165, 1.54) is 16.7 Å². The van der Waals surface area contributed by atoms with Crippen LogP contribution in [0.5, 0.6) is 0 Å². The van der Waals surface area contributed by atoms with Gasteiger partial charge in [0, 0.05) is 24.2 Å². The van der Waals surface area contributed by atoms with Gasteiger partial charge in [-0.3, -0.25) is 4.79 Å². The molecule has 1 aromatic heterocycles. The van der Waals surface area contributed by atoms with Crippen LogP contribution in [0.3, 0.4) is 0 Å². The molecule has 22 heavy (non-hydrogen) atoms. The Morgan fingerprint density at radius 1 is 0.909 bits per heavy atom. The molecule has 5 heteroatoms. The molecule has 112 valence electrons. The van der Waals surface area contributed by atoms with Crippen LogP contribution in [0.1, 0.15) is 5.56 Å². The van der Waals surface area contributed by atoms with Crippen molar-refractivity contribution in [2.75, 3.05) is 0 Å². The molecule has 0 aliphatic carbocycles. The Labute approximate surface area is 124 Å². The number of benzene rings is 2. The van der Waals surface area contributed by atoms with Crippen molar-refractivity contribution in [2.24, 2.45) is 7.05 Å². The molecule has 3 aromatic rings. The first-order chi connectivity index (χ1) is 10.4. The summed E-state index contributed by atoms with van der Waals surface area (Å²) in [5.41, 5.74) is 0.544. The third kappa shape index (κ3) is 2.39. The monoisotopic (exact) mass is 303 g/mol. The maximum absolute atomic E-state index is 12.6. The minimum atomic E-state index is -4.36. The Hall–Kier alpha value is -2.56. The highest BCUT2D eigenvalue weighted by Crippen LogP contribution is 2.32. The maximum Gasteiger partial charge on any atom is 0.416 e. The first kappa shape index (κ1) is 14.4. The SMILES string of the molecule is Cn1cc(-c2ccc(C(F)(F)F)cc2)c2ccccc2c1=O. The minimum absolute atomic E-state index is 0.133. The molecule has 1 heterocycles. The lowest BCUT2D eigenvalue weighted by molar-refractivity contribution is -0.137. The van der Waals surface area contributed by atoms with Gasteiger partial charge in [-0.05, 0) is 29.1 Å². The van der Waals surface area contributed by atoms with Crippen LogP contribution in [0.15, 0.2) is 59.5 Å². The van der Waals surface area contributed by atoms with Gasteiger partial charge in [0.1, 0.15) is 0 Å². The van der Waals surface area contributed by atoms with E-state index in [9.17, 15) is 18.0 Å². The second-order valence-corrected chi connectivity index (χ2v) is 5.08. The molecule has 0 radical (unpaired) electrons. The van der Waals surface area contributed by atoms with Crippen LogP contribution in [0.25, 0.3) is 21.9 Å². The van der Waals surface area contributed by atoms with Gasteiger partial charge >= 0.3 is 6.18 Å². The number of nitrogens with zero attached hydrogens (tertiary/aromatic N) is 1. The fourth-order valence-corrected chi connectivity index (χ4v) is 2.49. The molecule has 0 amide bonds. The quantitative estimate of drug-likeness (QED) is 0.659. The summed E-state index contributed by atoms with van der Waals surface area (Å²) in [6, 6.07) is 12.0. The van der Waals surface area contributed by atoms with E-state index in [2.05, 4.69) is 0 Å². The van der Waals surface area contributed by atoms with Crippen molar-refractivity contribution in [2.45, 2.75) is 6.18 Å². The van der Waals surface area contributed by atoms with E-state index < -0.39 is 11.7 Å². The largest absolute Gasteiger partial charge is 0.416 e. The van der Waals surface area contributed by atoms with E-state index in [0.29, 0.717) is 10.9 Å². The van der Waals surface area contributed by atoms with E-state index in [0.717, 1.165) is 23.1 Å². The highest BCUT2D eigenvalue weighted by molar-refractivity contribution is 5.95. The standard InChI is InChI=1S/C17H12F3NO/c1-21-10-15(13-4-2-3-5-14(13)16(21)22)11-6-8-12(9-7-11)17(18,19)20/h2-10H,1H3. The molecule has 0 aliphatic heterocycles. The number of hydrogen-bond donors (Lipinski definition) is 0.